The van der Waals surface area contributed by atoms with Gasteiger partial charge in [0.25, 0.3) is 0 Å². The third-order valence-corrected chi connectivity index (χ3v) is 3.41. The molecule has 3 aromatic heterocycles. The molecule has 0 amide bonds. The lowest BCUT2D eigenvalue weighted by Gasteiger charge is -1.96. The molecule has 0 aliphatic carbocycles. The quantitative estimate of drug-likeness (QED) is 0.782. The standard InChI is InChI=1S/C12H9N3O2S/c16-12(17)9-4-1-5-11-13-10(14-15(9)11)7-8-3-2-6-18-8/h1-6H,7H2,(H,16,17). The van der Waals surface area contributed by atoms with Gasteiger partial charge in [0.2, 0.25) is 0 Å². The van der Waals surface area contributed by atoms with Crippen molar-refractivity contribution in [3.8, 4) is 0 Å². The average Bonchev–Trinajstić information content (AvgIpc) is 2.96. The summed E-state index contributed by atoms with van der Waals surface area (Å²) in [6.07, 6.45) is 0.623. The number of nitrogens with zero attached hydrogens (tertiary/aromatic N) is 3. The first-order valence-corrected chi connectivity index (χ1v) is 6.22. The van der Waals surface area contributed by atoms with E-state index in [2.05, 4.69) is 10.1 Å². The summed E-state index contributed by atoms with van der Waals surface area (Å²) >= 11 is 1.63. The van der Waals surface area contributed by atoms with E-state index in [0.717, 1.165) is 4.88 Å². The fraction of sp³-hybridized carbons (Fsp3) is 0.0833. The number of rotatable bonds is 3. The molecule has 6 heteroatoms. The smallest absolute Gasteiger partial charge is 0.354 e. The minimum Gasteiger partial charge on any atom is -0.477 e. The number of thiophene rings is 1. The predicted molar refractivity (Wildman–Crippen MR) is 67.1 cm³/mol. The van der Waals surface area contributed by atoms with Gasteiger partial charge in [-0.2, -0.15) is 5.10 Å². The van der Waals surface area contributed by atoms with E-state index in [4.69, 9.17) is 5.11 Å². The molecular formula is C12H9N3O2S. The van der Waals surface area contributed by atoms with Crippen molar-refractivity contribution in [3.05, 3.63) is 52.1 Å². The average molecular weight is 259 g/mol. The zero-order valence-electron chi connectivity index (χ0n) is 9.28. The number of hydrogen-bond acceptors (Lipinski definition) is 4. The van der Waals surface area contributed by atoms with E-state index in [9.17, 15) is 4.79 Å². The van der Waals surface area contributed by atoms with Gasteiger partial charge in [-0.05, 0) is 23.6 Å². The lowest BCUT2D eigenvalue weighted by Crippen LogP contribution is -2.05. The molecule has 1 N–H and O–H groups in total. The summed E-state index contributed by atoms with van der Waals surface area (Å²) in [6, 6.07) is 8.91. The Labute approximate surface area is 106 Å². The van der Waals surface area contributed by atoms with Crippen molar-refractivity contribution in [2.75, 3.05) is 0 Å². The van der Waals surface area contributed by atoms with Gasteiger partial charge in [-0.1, -0.05) is 12.1 Å². The van der Waals surface area contributed by atoms with Crippen molar-refractivity contribution in [3.63, 3.8) is 0 Å². The molecule has 0 atom stereocenters. The van der Waals surface area contributed by atoms with Crippen LogP contribution >= 0.6 is 11.3 Å². The van der Waals surface area contributed by atoms with Crippen LogP contribution in [0.5, 0.6) is 0 Å². The molecule has 18 heavy (non-hydrogen) atoms. The SMILES string of the molecule is O=C(O)c1cccc2nc(Cc3cccs3)nn12. The summed E-state index contributed by atoms with van der Waals surface area (Å²) < 4.78 is 1.37. The Morgan fingerprint density at radius 1 is 1.33 bits per heavy atom. The van der Waals surface area contributed by atoms with Crippen molar-refractivity contribution in [2.24, 2.45) is 0 Å². The van der Waals surface area contributed by atoms with Crippen LogP contribution in [-0.4, -0.2) is 25.7 Å². The van der Waals surface area contributed by atoms with Crippen molar-refractivity contribution in [1.82, 2.24) is 14.6 Å². The van der Waals surface area contributed by atoms with Crippen molar-refractivity contribution >= 4 is 23.0 Å². The maximum absolute atomic E-state index is 11.1. The fourth-order valence-electron chi connectivity index (χ4n) is 1.76. The van der Waals surface area contributed by atoms with Gasteiger partial charge >= 0.3 is 5.97 Å². The second-order valence-corrected chi connectivity index (χ2v) is 4.80. The molecule has 0 aliphatic heterocycles. The molecule has 0 radical (unpaired) electrons. The Balaban J connectivity index is 2.05. The number of carboxylic acids is 1. The fourth-order valence-corrected chi connectivity index (χ4v) is 2.46. The monoisotopic (exact) mass is 259 g/mol. The van der Waals surface area contributed by atoms with Gasteiger partial charge in [-0.3, -0.25) is 0 Å². The van der Waals surface area contributed by atoms with Gasteiger partial charge in [-0.15, -0.1) is 11.3 Å². The Bertz CT molecular complexity index is 703. The zero-order chi connectivity index (χ0) is 12.5. The molecule has 3 aromatic rings. The number of aromatic nitrogens is 3. The summed E-state index contributed by atoms with van der Waals surface area (Å²) in [7, 11) is 0. The molecule has 0 unspecified atom stereocenters. The van der Waals surface area contributed by atoms with E-state index in [1.807, 2.05) is 17.5 Å². The third kappa shape index (κ3) is 1.86. The molecule has 0 saturated carbocycles. The predicted octanol–water partition coefficient (Wildman–Crippen LogP) is 2.08. The first-order valence-electron chi connectivity index (χ1n) is 5.34. The zero-order valence-corrected chi connectivity index (χ0v) is 10.1. The Kier molecular flexibility index (Phi) is 2.56. The number of hydrogen-bond donors (Lipinski definition) is 1. The van der Waals surface area contributed by atoms with Crippen LogP contribution in [0.25, 0.3) is 5.65 Å². The summed E-state index contributed by atoms with van der Waals surface area (Å²) in [6.45, 7) is 0. The Hall–Kier alpha value is -2.21. The van der Waals surface area contributed by atoms with E-state index >= 15 is 0 Å². The Morgan fingerprint density at radius 2 is 2.22 bits per heavy atom. The van der Waals surface area contributed by atoms with Crippen molar-refractivity contribution in [1.29, 1.82) is 0 Å². The maximum atomic E-state index is 11.1. The van der Waals surface area contributed by atoms with E-state index in [1.54, 1.807) is 23.5 Å². The normalized spacial score (nSPS) is 10.9. The largest absolute Gasteiger partial charge is 0.477 e. The summed E-state index contributed by atoms with van der Waals surface area (Å²) in [5.74, 6) is -0.376. The van der Waals surface area contributed by atoms with Crippen LogP contribution in [0.15, 0.2) is 35.7 Å². The second kappa shape index (κ2) is 4.23. The van der Waals surface area contributed by atoms with Gasteiger partial charge in [0.05, 0.1) is 0 Å². The van der Waals surface area contributed by atoms with Gasteiger partial charge in [0.15, 0.2) is 17.2 Å². The molecular weight excluding hydrogens is 250 g/mol. The van der Waals surface area contributed by atoms with Gasteiger partial charge in [0.1, 0.15) is 0 Å². The van der Waals surface area contributed by atoms with Crippen LogP contribution in [0.3, 0.4) is 0 Å². The topological polar surface area (TPSA) is 67.5 Å². The van der Waals surface area contributed by atoms with Gasteiger partial charge in [-0.25, -0.2) is 14.3 Å². The minimum absolute atomic E-state index is 0.123. The third-order valence-electron chi connectivity index (χ3n) is 2.54. The molecule has 3 rings (SSSR count). The van der Waals surface area contributed by atoms with E-state index in [0.29, 0.717) is 17.9 Å². The van der Waals surface area contributed by atoms with Crippen LogP contribution in [0.4, 0.5) is 0 Å². The second-order valence-electron chi connectivity index (χ2n) is 3.77. The van der Waals surface area contributed by atoms with Crippen LogP contribution in [-0.2, 0) is 6.42 Å². The molecule has 0 fully saturated rings. The number of pyridine rings is 1. The van der Waals surface area contributed by atoms with Crippen molar-refractivity contribution < 1.29 is 9.90 Å². The highest BCUT2D eigenvalue weighted by Gasteiger charge is 2.12. The van der Waals surface area contributed by atoms with Gasteiger partial charge < -0.3 is 5.11 Å². The first kappa shape index (κ1) is 10.9. The molecule has 0 bridgehead atoms. The van der Waals surface area contributed by atoms with Crippen molar-refractivity contribution in [2.45, 2.75) is 6.42 Å². The summed E-state index contributed by atoms with van der Waals surface area (Å²) in [5.41, 5.74) is 0.680. The highest BCUT2D eigenvalue weighted by molar-refractivity contribution is 7.09. The molecule has 0 saturated heterocycles. The first-order chi connectivity index (χ1) is 8.74. The van der Waals surface area contributed by atoms with E-state index in [1.165, 1.54) is 10.6 Å². The summed E-state index contributed by atoms with van der Waals surface area (Å²) in [5, 5.41) is 15.3. The van der Waals surface area contributed by atoms with E-state index in [-0.39, 0.29) is 5.69 Å². The molecule has 0 aliphatic rings. The molecule has 0 spiro atoms. The highest BCUT2D eigenvalue weighted by atomic mass is 32.1. The van der Waals surface area contributed by atoms with E-state index < -0.39 is 5.97 Å². The minimum atomic E-state index is -1.01. The lowest BCUT2D eigenvalue weighted by atomic mass is 10.3. The van der Waals surface area contributed by atoms with Crippen LogP contribution < -0.4 is 0 Å². The number of aromatic carboxylic acids is 1. The molecule has 5 nitrogen and oxygen atoms in total. The summed E-state index contributed by atoms with van der Waals surface area (Å²) in [4.78, 5) is 16.5. The van der Waals surface area contributed by atoms with Crippen LogP contribution in [0.2, 0.25) is 0 Å². The van der Waals surface area contributed by atoms with Crippen LogP contribution in [0.1, 0.15) is 21.2 Å². The Morgan fingerprint density at radius 3 is 2.94 bits per heavy atom. The van der Waals surface area contributed by atoms with Gasteiger partial charge in [0, 0.05) is 11.3 Å². The number of carbonyl (C=O) groups is 1. The molecule has 0 aromatic carbocycles. The number of fused-ring (bicyclic) bond motifs is 1. The van der Waals surface area contributed by atoms with Crippen LogP contribution in [0, 0.1) is 0 Å². The molecule has 3 heterocycles. The molecule has 90 valence electrons. The number of carboxylic acid groups (broad SMARTS) is 1. The highest BCUT2D eigenvalue weighted by Crippen LogP contribution is 2.14. The lowest BCUT2D eigenvalue weighted by molar-refractivity contribution is 0.0687. The maximum Gasteiger partial charge on any atom is 0.354 e.